The van der Waals surface area contributed by atoms with Gasteiger partial charge in [-0.25, -0.2) is 0 Å². The van der Waals surface area contributed by atoms with Crippen molar-refractivity contribution in [1.29, 1.82) is 0 Å². The van der Waals surface area contributed by atoms with Gasteiger partial charge < -0.3 is 19.5 Å². The minimum atomic E-state index is -4.06. The third-order valence-electron chi connectivity index (χ3n) is 11.2. The Hall–Kier alpha value is -2.21. The van der Waals surface area contributed by atoms with Gasteiger partial charge in [0.05, 0.1) is 5.60 Å². The molecule has 4 aliphatic rings. The topological polar surface area (TPSA) is 142 Å². The minimum absolute atomic E-state index is 0.00339. The molecule has 5 rings (SSSR count). The molecule has 10 nitrogen and oxygen atoms in total. The molecule has 2 saturated carbocycles. The number of hydrogen-bond acceptors (Lipinski definition) is 7. The first-order valence-corrected chi connectivity index (χ1v) is 17.5. The molecule has 240 valence electrons. The number of benzene rings is 1. The molecule has 1 aliphatic heterocycles. The lowest BCUT2D eigenvalue weighted by Gasteiger charge is -2.54. The average molecular weight is 619 g/mol. The average Bonchev–Trinajstić information content (AvgIpc) is 3.20. The van der Waals surface area contributed by atoms with Gasteiger partial charge >= 0.3 is 10.3 Å². The van der Waals surface area contributed by atoms with Gasteiger partial charge in [0.1, 0.15) is 11.8 Å². The van der Waals surface area contributed by atoms with E-state index in [4.69, 9.17) is 9.32 Å². The number of carbonyl (C=O) groups is 2. The highest BCUT2D eigenvalue weighted by molar-refractivity contribution is 7.84. The van der Waals surface area contributed by atoms with Crippen LogP contribution in [-0.2, 0) is 26.3 Å². The number of piperazine rings is 1. The van der Waals surface area contributed by atoms with Crippen LogP contribution in [0.4, 0.5) is 0 Å². The Bertz CT molecular complexity index is 1330. The normalized spacial score (nSPS) is 31.7. The standard InChI is InChI=1S/C32H50N4O6S/c1-20(2)28(34-29(37)21(3)4)30(38)36-16-14-35(15-17-36)19-32(39)13-11-27-26-8-6-22-18-23(42-43(33,40)41)7-9-24(22)25(26)10-12-31(27,32)5/h7,9,18,20-21,25-28,39H,6,8,10-17,19H2,1-5H3,(H,34,37)(H2,33,40,41)/t25-,26-,27+,28+,31+,32-/m1/s1. The second kappa shape index (κ2) is 11.9. The Balaban J connectivity index is 1.22. The monoisotopic (exact) mass is 618 g/mol. The molecule has 0 bridgehead atoms. The fraction of sp³-hybridized carbons (Fsp3) is 0.750. The molecule has 2 amide bonds. The largest absolute Gasteiger partial charge is 0.388 e. The van der Waals surface area contributed by atoms with Gasteiger partial charge in [-0.3, -0.25) is 14.5 Å². The van der Waals surface area contributed by atoms with E-state index in [1.54, 1.807) is 6.07 Å². The van der Waals surface area contributed by atoms with Crippen LogP contribution in [0, 0.1) is 29.1 Å². The summed E-state index contributed by atoms with van der Waals surface area (Å²) in [4.78, 5) is 29.9. The number of rotatable bonds is 8. The van der Waals surface area contributed by atoms with Gasteiger partial charge in [-0.2, -0.15) is 13.6 Å². The van der Waals surface area contributed by atoms with E-state index < -0.39 is 21.9 Å². The van der Waals surface area contributed by atoms with Crippen LogP contribution >= 0.6 is 0 Å². The summed E-state index contributed by atoms with van der Waals surface area (Å²) in [6.45, 7) is 13.1. The highest BCUT2D eigenvalue weighted by atomic mass is 32.2. The lowest BCUT2D eigenvalue weighted by molar-refractivity contribution is -0.142. The Labute approximate surface area is 257 Å². The van der Waals surface area contributed by atoms with Crippen molar-refractivity contribution in [2.24, 2.45) is 34.2 Å². The minimum Gasteiger partial charge on any atom is -0.388 e. The Morgan fingerprint density at radius 2 is 1.79 bits per heavy atom. The van der Waals surface area contributed by atoms with Gasteiger partial charge in [-0.1, -0.05) is 40.7 Å². The maximum absolute atomic E-state index is 13.4. The van der Waals surface area contributed by atoms with Crippen molar-refractivity contribution in [1.82, 2.24) is 15.1 Å². The van der Waals surface area contributed by atoms with Crippen LogP contribution in [0.25, 0.3) is 0 Å². The number of nitrogens with zero attached hydrogens (tertiary/aromatic N) is 2. The van der Waals surface area contributed by atoms with E-state index in [0.717, 1.165) is 44.1 Å². The van der Waals surface area contributed by atoms with E-state index in [1.165, 1.54) is 5.56 Å². The molecule has 0 radical (unpaired) electrons. The van der Waals surface area contributed by atoms with Crippen molar-refractivity contribution in [3.05, 3.63) is 29.3 Å². The van der Waals surface area contributed by atoms with Crippen LogP contribution in [0.3, 0.4) is 0 Å². The Morgan fingerprint density at radius 1 is 1.09 bits per heavy atom. The molecule has 1 aromatic rings. The van der Waals surface area contributed by atoms with Crippen LogP contribution in [0.1, 0.15) is 83.8 Å². The molecule has 0 aromatic heterocycles. The number of aliphatic hydroxyl groups is 1. The van der Waals surface area contributed by atoms with Crippen molar-refractivity contribution in [2.45, 2.75) is 90.7 Å². The number of carbonyl (C=O) groups excluding carboxylic acids is 2. The molecule has 4 N–H and O–H groups in total. The van der Waals surface area contributed by atoms with Crippen LogP contribution in [-0.4, -0.2) is 79.5 Å². The molecule has 1 saturated heterocycles. The maximum Gasteiger partial charge on any atom is 0.380 e. The summed E-state index contributed by atoms with van der Waals surface area (Å²) < 4.78 is 27.7. The molecule has 0 unspecified atom stereocenters. The maximum atomic E-state index is 13.4. The van der Waals surface area contributed by atoms with Gasteiger partial charge in [0.25, 0.3) is 0 Å². The zero-order valence-electron chi connectivity index (χ0n) is 26.3. The lowest BCUT2D eigenvalue weighted by atomic mass is 9.53. The van der Waals surface area contributed by atoms with Gasteiger partial charge in [0.15, 0.2) is 0 Å². The second-order valence-electron chi connectivity index (χ2n) is 14.4. The summed E-state index contributed by atoms with van der Waals surface area (Å²) in [6.07, 6.45) is 5.57. The summed E-state index contributed by atoms with van der Waals surface area (Å²) >= 11 is 0. The predicted molar refractivity (Wildman–Crippen MR) is 164 cm³/mol. The molecule has 43 heavy (non-hydrogen) atoms. The fourth-order valence-electron chi connectivity index (χ4n) is 8.64. The van der Waals surface area contributed by atoms with Crippen LogP contribution in [0.15, 0.2) is 18.2 Å². The fourth-order valence-corrected chi connectivity index (χ4v) is 9.01. The predicted octanol–water partition coefficient (Wildman–Crippen LogP) is 2.80. The zero-order valence-corrected chi connectivity index (χ0v) is 27.2. The highest BCUT2D eigenvalue weighted by Crippen LogP contribution is 2.64. The van der Waals surface area contributed by atoms with Gasteiger partial charge in [-0.05, 0) is 85.5 Å². The van der Waals surface area contributed by atoms with Crippen LogP contribution < -0.4 is 14.6 Å². The van der Waals surface area contributed by atoms with E-state index in [2.05, 4.69) is 17.1 Å². The SMILES string of the molecule is CC(C)C(=O)N[C@H](C(=O)N1CCN(C[C@]2(O)CC[C@H]3[C@@H]4CCc5cc(OS(N)(=O)=O)ccc5[C@H]4CC[C@@]32C)CC1)C(C)C. The number of hydrogen-bond donors (Lipinski definition) is 3. The van der Waals surface area contributed by atoms with Gasteiger partial charge in [0.2, 0.25) is 11.8 Å². The molecular weight excluding hydrogens is 568 g/mol. The lowest BCUT2D eigenvalue weighted by Crippen LogP contribution is -2.60. The summed E-state index contributed by atoms with van der Waals surface area (Å²) in [5.74, 6) is 1.27. The second-order valence-corrected chi connectivity index (χ2v) is 15.5. The van der Waals surface area contributed by atoms with E-state index in [1.807, 2.05) is 44.7 Å². The number of fused-ring (bicyclic) bond motifs is 5. The molecule has 3 fully saturated rings. The highest BCUT2D eigenvalue weighted by Gasteiger charge is 2.61. The van der Waals surface area contributed by atoms with E-state index in [0.29, 0.717) is 50.5 Å². The summed E-state index contributed by atoms with van der Waals surface area (Å²) in [7, 11) is -4.06. The van der Waals surface area contributed by atoms with Crippen LogP contribution in [0.2, 0.25) is 0 Å². The van der Waals surface area contributed by atoms with E-state index >= 15 is 0 Å². The number of nitrogens with one attached hydrogen (secondary N) is 1. The van der Waals surface area contributed by atoms with Crippen molar-refractivity contribution >= 4 is 22.1 Å². The molecule has 6 atom stereocenters. The quantitative estimate of drug-likeness (QED) is 0.407. The van der Waals surface area contributed by atoms with Crippen molar-refractivity contribution in [3.63, 3.8) is 0 Å². The molecule has 11 heteroatoms. The van der Waals surface area contributed by atoms with Crippen molar-refractivity contribution in [2.75, 3.05) is 32.7 Å². The molecule has 0 spiro atoms. The summed E-state index contributed by atoms with van der Waals surface area (Å²) in [5.41, 5.74) is 1.45. The van der Waals surface area contributed by atoms with Crippen molar-refractivity contribution < 1.29 is 27.3 Å². The molecular formula is C32H50N4O6S. The summed E-state index contributed by atoms with van der Waals surface area (Å²) in [5, 5.41) is 20.3. The van der Waals surface area contributed by atoms with Gasteiger partial charge in [0, 0.05) is 44.1 Å². The molecule has 1 heterocycles. The molecule has 3 aliphatic carbocycles. The zero-order chi connectivity index (χ0) is 31.3. The van der Waals surface area contributed by atoms with E-state index in [-0.39, 0.29) is 34.8 Å². The first-order chi connectivity index (χ1) is 20.1. The van der Waals surface area contributed by atoms with E-state index in [9.17, 15) is 23.1 Å². The number of β-amino-alcohol motifs (C(OH)–C–C–N with tert-alkyl or cyclic N) is 1. The first kappa shape index (κ1) is 32.2. The third-order valence-corrected chi connectivity index (χ3v) is 11.6. The van der Waals surface area contributed by atoms with Gasteiger partial charge in [-0.15, -0.1) is 0 Å². The Morgan fingerprint density at radius 3 is 2.42 bits per heavy atom. The number of amides is 2. The van der Waals surface area contributed by atoms with Crippen molar-refractivity contribution in [3.8, 4) is 5.75 Å². The number of aryl methyl sites for hydroxylation is 1. The third kappa shape index (κ3) is 6.32. The summed E-state index contributed by atoms with van der Waals surface area (Å²) in [6, 6.07) is 5.01. The van der Waals surface area contributed by atoms with Crippen LogP contribution in [0.5, 0.6) is 5.75 Å². The number of nitrogens with two attached hydrogens (primary N) is 1. The molecule has 1 aromatic carbocycles. The Kier molecular flexibility index (Phi) is 8.94. The first-order valence-electron chi connectivity index (χ1n) is 16.0. The smallest absolute Gasteiger partial charge is 0.380 e.